The summed E-state index contributed by atoms with van der Waals surface area (Å²) in [5.41, 5.74) is 2.25. The van der Waals surface area contributed by atoms with Crippen molar-refractivity contribution in [2.75, 3.05) is 7.11 Å². The Morgan fingerprint density at radius 2 is 1.76 bits per heavy atom. The van der Waals surface area contributed by atoms with Crippen LogP contribution in [0.15, 0.2) is 77.0 Å². The van der Waals surface area contributed by atoms with Crippen LogP contribution in [-0.4, -0.2) is 12.1 Å². The van der Waals surface area contributed by atoms with Crippen molar-refractivity contribution in [3.05, 3.63) is 77.8 Å². The fourth-order valence-corrected chi connectivity index (χ4v) is 4.42. The summed E-state index contributed by atoms with van der Waals surface area (Å²) < 4.78 is 5.21. The van der Waals surface area contributed by atoms with Crippen LogP contribution in [0.3, 0.4) is 0 Å². The SMILES string of the molecule is COc1ccc(-c2nc(CSc3ccc4ccccc4c3)cs2)cc1. The second-order valence-electron chi connectivity index (χ2n) is 5.67. The Morgan fingerprint density at radius 1 is 0.960 bits per heavy atom. The first-order valence-corrected chi connectivity index (χ1v) is 9.89. The molecule has 124 valence electrons. The maximum Gasteiger partial charge on any atom is 0.123 e. The van der Waals surface area contributed by atoms with Gasteiger partial charge in [0.25, 0.3) is 0 Å². The van der Waals surface area contributed by atoms with E-state index >= 15 is 0 Å². The molecular formula is C21H17NOS2. The van der Waals surface area contributed by atoms with Crippen LogP contribution < -0.4 is 4.74 Å². The first kappa shape index (κ1) is 16.2. The van der Waals surface area contributed by atoms with Gasteiger partial charge in [-0.25, -0.2) is 4.98 Å². The molecule has 1 heterocycles. The fraction of sp³-hybridized carbons (Fsp3) is 0.0952. The van der Waals surface area contributed by atoms with Crippen LogP contribution in [0, 0.1) is 0 Å². The molecule has 0 fully saturated rings. The molecule has 2 nitrogen and oxygen atoms in total. The van der Waals surface area contributed by atoms with Crippen LogP contribution in [0.5, 0.6) is 5.75 Å². The lowest BCUT2D eigenvalue weighted by atomic mass is 10.1. The minimum absolute atomic E-state index is 0.868. The van der Waals surface area contributed by atoms with Gasteiger partial charge < -0.3 is 4.74 Å². The molecule has 0 bridgehead atoms. The first-order chi connectivity index (χ1) is 12.3. The van der Waals surface area contributed by atoms with Crippen LogP contribution in [0.4, 0.5) is 0 Å². The van der Waals surface area contributed by atoms with E-state index in [0.29, 0.717) is 0 Å². The Kier molecular flexibility index (Phi) is 4.72. The summed E-state index contributed by atoms with van der Waals surface area (Å²) in [6, 6.07) is 23.1. The average Bonchev–Trinajstić information content (AvgIpc) is 3.15. The van der Waals surface area contributed by atoms with Crippen molar-refractivity contribution in [2.24, 2.45) is 0 Å². The number of thiazole rings is 1. The molecule has 0 unspecified atom stereocenters. The number of nitrogens with zero attached hydrogens (tertiary/aromatic N) is 1. The summed E-state index contributed by atoms with van der Waals surface area (Å²) in [5.74, 6) is 1.75. The number of ether oxygens (including phenoxy) is 1. The summed E-state index contributed by atoms with van der Waals surface area (Å²) in [5, 5.41) is 5.76. The van der Waals surface area contributed by atoms with Crippen LogP contribution in [0.2, 0.25) is 0 Å². The third-order valence-corrected chi connectivity index (χ3v) is 5.96. The van der Waals surface area contributed by atoms with E-state index in [1.165, 1.54) is 15.7 Å². The van der Waals surface area contributed by atoms with E-state index in [-0.39, 0.29) is 0 Å². The Labute approximate surface area is 155 Å². The van der Waals surface area contributed by atoms with E-state index in [4.69, 9.17) is 9.72 Å². The van der Waals surface area contributed by atoms with Gasteiger partial charge in [0.2, 0.25) is 0 Å². The molecule has 0 aliphatic carbocycles. The van der Waals surface area contributed by atoms with E-state index in [1.807, 2.05) is 23.9 Å². The van der Waals surface area contributed by atoms with Gasteiger partial charge in [0.1, 0.15) is 10.8 Å². The number of benzene rings is 3. The maximum absolute atomic E-state index is 5.21. The lowest BCUT2D eigenvalue weighted by Gasteiger charge is -2.03. The molecule has 0 N–H and O–H groups in total. The van der Waals surface area contributed by atoms with Crippen LogP contribution in [0.25, 0.3) is 21.3 Å². The van der Waals surface area contributed by atoms with Crippen LogP contribution >= 0.6 is 23.1 Å². The molecule has 3 aromatic carbocycles. The molecule has 0 saturated carbocycles. The third kappa shape index (κ3) is 3.70. The Balaban J connectivity index is 1.46. The van der Waals surface area contributed by atoms with Gasteiger partial charge in [-0.05, 0) is 47.2 Å². The van der Waals surface area contributed by atoms with Gasteiger partial charge in [0.05, 0.1) is 12.8 Å². The van der Waals surface area contributed by atoms with Crippen molar-refractivity contribution < 1.29 is 4.74 Å². The molecule has 0 aliphatic rings. The predicted octanol–water partition coefficient (Wildman–Crippen LogP) is 6.26. The molecular weight excluding hydrogens is 346 g/mol. The highest BCUT2D eigenvalue weighted by atomic mass is 32.2. The number of fused-ring (bicyclic) bond motifs is 1. The standard InChI is InChI=1S/C21H17NOS2/c1-23-19-9-6-16(7-10-19)21-22-18(14-25-21)13-24-20-11-8-15-4-2-3-5-17(15)12-20/h2-12,14H,13H2,1H3. The fourth-order valence-electron chi connectivity index (χ4n) is 2.65. The van der Waals surface area contributed by atoms with Crippen LogP contribution in [-0.2, 0) is 5.75 Å². The van der Waals surface area contributed by atoms with E-state index in [1.54, 1.807) is 18.4 Å². The molecule has 25 heavy (non-hydrogen) atoms. The van der Waals surface area contributed by atoms with Crippen molar-refractivity contribution in [1.29, 1.82) is 0 Å². The zero-order chi connectivity index (χ0) is 17.1. The Morgan fingerprint density at radius 3 is 2.56 bits per heavy atom. The minimum atomic E-state index is 0.868. The third-order valence-electron chi connectivity index (χ3n) is 4.00. The molecule has 4 heteroatoms. The quantitative estimate of drug-likeness (QED) is 0.390. The highest BCUT2D eigenvalue weighted by Crippen LogP contribution is 2.30. The van der Waals surface area contributed by atoms with Gasteiger partial charge in [-0.3, -0.25) is 0 Å². The van der Waals surface area contributed by atoms with Crippen LogP contribution in [0.1, 0.15) is 5.69 Å². The molecule has 0 amide bonds. The zero-order valence-electron chi connectivity index (χ0n) is 13.8. The van der Waals surface area contributed by atoms with Crippen molar-refractivity contribution >= 4 is 33.9 Å². The first-order valence-electron chi connectivity index (χ1n) is 8.02. The van der Waals surface area contributed by atoms with Crippen molar-refractivity contribution in [2.45, 2.75) is 10.6 Å². The molecule has 0 saturated heterocycles. The van der Waals surface area contributed by atoms with Gasteiger partial charge in [0.15, 0.2) is 0 Å². The van der Waals surface area contributed by atoms with Crippen molar-refractivity contribution in [3.63, 3.8) is 0 Å². The van der Waals surface area contributed by atoms with Gasteiger partial charge in [0, 0.05) is 21.6 Å². The summed E-state index contributed by atoms with van der Waals surface area (Å²) in [6.07, 6.45) is 0. The number of rotatable bonds is 5. The highest BCUT2D eigenvalue weighted by molar-refractivity contribution is 7.98. The highest BCUT2D eigenvalue weighted by Gasteiger charge is 2.06. The topological polar surface area (TPSA) is 22.1 Å². The van der Waals surface area contributed by atoms with Crippen molar-refractivity contribution in [1.82, 2.24) is 4.98 Å². The van der Waals surface area contributed by atoms with E-state index in [0.717, 1.165) is 27.8 Å². The molecule has 4 rings (SSSR count). The van der Waals surface area contributed by atoms with Crippen molar-refractivity contribution in [3.8, 4) is 16.3 Å². The summed E-state index contributed by atoms with van der Waals surface area (Å²) in [6.45, 7) is 0. The van der Waals surface area contributed by atoms with E-state index in [9.17, 15) is 0 Å². The Bertz CT molecular complexity index is 992. The number of thioether (sulfide) groups is 1. The zero-order valence-corrected chi connectivity index (χ0v) is 15.4. The monoisotopic (exact) mass is 363 g/mol. The lowest BCUT2D eigenvalue weighted by molar-refractivity contribution is 0.415. The smallest absolute Gasteiger partial charge is 0.123 e. The summed E-state index contributed by atoms with van der Waals surface area (Å²) in [7, 11) is 1.68. The van der Waals surface area contributed by atoms with Gasteiger partial charge in [-0.15, -0.1) is 23.1 Å². The molecule has 0 atom stereocenters. The lowest BCUT2D eigenvalue weighted by Crippen LogP contribution is -1.84. The summed E-state index contributed by atoms with van der Waals surface area (Å²) >= 11 is 3.52. The number of hydrogen-bond donors (Lipinski definition) is 0. The number of methoxy groups -OCH3 is 1. The number of hydrogen-bond acceptors (Lipinski definition) is 4. The second-order valence-corrected chi connectivity index (χ2v) is 7.58. The summed E-state index contributed by atoms with van der Waals surface area (Å²) in [4.78, 5) is 6.05. The minimum Gasteiger partial charge on any atom is -0.497 e. The van der Waals surface area contributed by atoms with E-state index < -0.39 is 0 Å². The Hall–Kier alpha value is -2.30. The maximum atomic E-state index is 5.21. The van der Waals surface area contributed by atoms with Gasteiger partial charge >= 0.3 is 0 Å². The average molecular weight is 364 g/mol. The van der Waals surface area contributed by atoms with Gasteiger partial charge in [-0.2, -0.15) is 0 Å². The predicted molar refractivity (Wildman–Crippen MR) is 108 cm³/mol. The second kappa shape index (κ2) is 7.30. The molecule has 0 spiro atoms. The molecule has 4 aromatic rings. The normalized spacial score (nSPS) is 10.9. The molecule has 0 aliphatic heterocycles. The largest absolute Gasteiger partial charge is 0.497 e. The molecule has 1 aromatic heterocycles. The van der Waals surface area contributed by atoms with Gasteiger partial charge in [-0.1, -0.05) is 30.3 Å². The number of aromatic nitrogens is 1. The molecule has 0 radical (unpaired) electrons. The van der Waals surface area contributed by atoms with E-state index in [2.05, 4.69) is 60.0 Å².